The average molecular weight is 435 g/mol. The van der Waals surface area contributed by atoms with E-state index < -0.39 is 0 Å². The standard InChI is InChI=1S/C25H27ClN4O/c1-17-6-8-19(9-7-17)22-15-23(20-10-12-21(26)13-11-20)28-25(27-22)29-24(31)16-30-14-4-3-5-18(30)2/h6-13,15,18H,3-5,14,16H2,1-2H3,(H,27,28,29,31)/t18-/m1/s1. The number of rotatable bonds is 5. The van der Waals surface area contributed by atoms with Gasteiger partial charge in [-0.05, 0) is 51.4 Å². The Kier molecular flexibility index (Phi) is 6.64. The Morgan fingerprint density at radius 1 is 1.03 bits per heavy atom. The molecule has 0 radical (unpaired) electrons. The van der Waals surface area contributed by atoms with Gasteiger partial charge in [-0.15, -0.1) is 0 Å². The number of halogens is 1. The number of nitrogens with zero attached hydrogens (tertiary/aromatic N) is 3. The molecule has 1 amide bonds. The Labute approximate surface area is 188 Å². The Balaban J connectivity index is 1.63. The maximum absolute atomic E-state index is 12.8. The van der Waals surface area contributed by atoms with Crippen LogP contribution in [0.1, 0.15) is 31.7 Å². The van der Waals surface area contributed by atoms with E-state index in [-0.39, 0.29) is 5.91 Å². The summed E-state index contributed by atoms with van der Waals surface area (Å²) < 4.78 is 0. The van der Waals surface area contributed by atoms with Crippen molar-refractivity contribution in [3.05, 3.63) is 65.2 Å². The lowest BCUT2D eigenvalue weighted by Gasteiger charge is -2.32. The normalized spacial score (nSPS) is 16.8. The fourth-order valence-corrected chi connectivity index (χ4v) is 4.01. The van der Waals surface area contributed by atoms with Crippen LogP contribution in [-0.2, 0) is 4.79 Å². The number of nitrogens with one attached hydrogen (secondary N) is 1. The third-order valence-electron chi connectivity index (χ3n) is 5.75. The zero-order valence-electron chi connectivity index (χ0n) is 17.9. The maximum Gasteiger partial charge on any atom is 0.240 e. The second-order valence-corrected chi connectivity index (χ2v) is 8.63. The first kappa shape index (κ1) is 21.5. The number of hydrogen-bond donors (Lipinski definition) is 1. The molecule has 1 saturated heterocycles. The van der Waals surface area contributed by atoms with Crippen LogP contribution in [0.25, 0.3) is 22.5 Å². The zero-order valence-corrected chi connectivity index (χ0v) is 18.7. The fourth-order valence-electron chi connectivity index (χ4n) is 3.89. The molecule has 0 bridgehead atoms. The van der Waals surface area contributed by atoms with Gasteiger partial charge in [-0.3, -0.25) is 15.0 Å². The first-order chi connectivity index (χ1) is 15.0. The first-order valence-electron chi connectivity index (χ1n) is 10.7. The number of amides is 1. The van der Waals surface area contributed by atoms with Gasteiger partial charge in [0, 0.05) is 22.2 Å². The van der Waals surface area contributed by atoms with Crippen LogP contribution in [0, 0.1) is 6.92 Å². The summed E-state index contributed by atoms with van der Waals surface area (Å²) in [6.45, 7) is 5.54. The van der Waals surface area contributed by atoms with Gasteiger partial charge in [-0.25, -0.2) is 9.97 Å². The van der Waals surface area contributed by atoms with Crippen molar-refractivity contribution in [3.63, 3.8) is 0 Å². The molecule has 0 saturated carbocycles. The predicted molar refractivity (Wildman–Crippen MR) is 126 cm³/mol. The topological polar surface area (TPSA) is 58.1 Å². The van der Waals surface area contributed by atoms with Crippen LogP contribution in [0.4, 0.5) is 5.95 Å². The maximum atomic E-state index is 12.8. The summed E-state index contributed by atoms with van der Waals surface area (Å²) in [5.41, 5.74) is 4.58. The summed E-state index contributed by atoms with van der Waals surface area (Å²) >= 11 is 6.05. The molecule has 160 valence electrons. The van der Waals surface area contributed by atoms with Crippen LogP contribution in [0.2, 0.25) is 5.02 Å². The summed E-state index contributed by atoms with van der Waals surface area (Å²) in [5, 5.41) is 3.59. The first-order valence-corrected chi connectivity index (χ1v) is 11.1. The molecule has 0 spiro atoms. The number of piperidine rings is 1. The third-order valence-corrected chi connectivity index (χ3v) is 6.00. The van der Waals surface area contributed by atoms with E-state index >= 15 is 0 Å². The quantitative estimate of drug-likeness (QED) is 0.569. The van der Waals surface area contributed by atoms with Crippen LogP contribution >= 0.6 is 11.6 Å². The minimum atomic E-state index is -0.0862. The van der Waals surface area contributed by atoms with Gasteiger partial charge in [0.05, 0.1) is 17.9 Å². The number of anilines is 1. The minimum Gasteiger partial charge on any atom is -0.293 e. The van der Waals surface area contributed by atoms with Gasteiger partial charge in [0.2, 0.25) is 11.9 Å². The molecular formula is C25H27ClN4O. The number of aryl methyl sites for hydroxylation is 1. The van der Waals surface area contributed by atoms with E-state index in [1.807, 2.05) is 42.5 Å². The van der Waals surface area contributed by atoms with Crippen molar-refractivity contribution in [2.24, 2.45) is 0 Å². The molecule has 4 rings (SSSR count). The van der Waals surface area contributed by atoms with Crippen LogP contribution in [0.3, 0.4) is 0 Å². The summed E-state index contributed by atoms with van der Waals surface area (Å²) in [7, 11) is 0. The zero-order chi connectivity index (χ0) is 21.8. The Bertz CT molecular complexity index is 986. The summed E-state index contributed by atoms with van der Waals surface area (Å²) in [6.07, 6.45) is 3.50. The van der Waals surface area contributed by atoms with Crippen molar-refractivity contribution in [2.45, 2.75) is 39.2 Å². The van der Waals surface area contributed by atoms with Crippen molar-refractivity contribution in [1.82, 2.24) is 14.9 Å². The highest BCUT2D eigenvalue weighted by atomic mass is 35.5. The number of aromatic nitrogens is 2. The molecule has 1 atom stereocenters. The van der Waals surface area contributed by atoms with Gasteiger partial charge in [0.25, 0.3) is 0 Å². The molecule has 0 aliphatic carbocycles. The van der Waals surface area contributed by atoms with Gasteiger partial charge in [0.15, 0.2) is 0 Å². The van der Waals surface area contributed by atoms with E-state index in [1.54, 1.807) is 0 Å². The van der Waals surface area contributed by atoms with Crippen molar-refractivity contribution in [3.8, 4) is 22.5 Å². The Morgan fingerprint density at radius 2 is 1.65 bits per heavy atom. The lowest BCUT2D eigenvalue weighted by molar-refractivity contribution is -0.118. The van der Waals surface area contributed by atoms with E-state index in [9.17, 15) is 4.79 Å². The van der Waals surface area contributed by atoms with Gasteiger partial charge in [-0.2, -0.15) is 0 Å². The molecule has 3 aromatic rings. The van der Waals surface area contributed by atoms with E-state index in [0.717, 1.165) is 41.9 Å². The van der Waals surface area contributed by atoms with Crippen LogP contribution < -0.4 is 5.32 Å². The van der Waals surface area contributed by atoms with Crippen molar-refractivity contribution in [2.75, 3.05) is 18.4 Å². The smallest absolute Gasteiger partial charge is 0.240 e. The van der Waals surface area contributed by atoms with Gasteiger partial charge >= 0.3 is 0 Å². The number of carbonyl (C=O) groups is 1. The van der Waals surface area contributed by atoms with Crippen molar-refractivity contribution >= 4 is 23.5 Å². The van der Waals surface area contributed by atoms with Crippen LogP contribution in [-0.4, -0.2) is 39.9 Å². The molecule has 6 heteroatoms. The fraction of sp³-hybridized carbons (Fsp3) is 0.320. The van der Waals surface area contributed by atoms with Gasteiger partial charge < -0.3 is 0 Å². The van der Waals surface area contributed by atoms with Crippen LogP contribution in [0.5, 0.6) is 0 Å². The van der Waals surface area contributed by atoms with E-state index in [2.05, 4.69) is 46.2 Å². The molecule has 31 heavy (non-hydrogen) atoms. The molecule has 5 nitrogen and oxygen atoms in total. The van der Waals surface area contributed by atoms with E-state index in [1.165, 1.54) is 12.0 Å². The van der Waals surface area contributed by atoms with Crippen molar-refractivity contribution in [1.29, 1.82) is 0 Å². The van der Waals surface area contributed by atoms with Crippen molar-refractivity contribution < 1.29 is 4.79 Å². The largest absolute Gasteiger partial charge is 0.293 e. The monoisotopic (exact) mass is 434 g/mol. The molecule has 1 N–H and O–H groups in total. The summed E-state index contributed by atoms with van der Waals surface area (Å²) in [6, 6.07) is 18.0. The molecular weight excluding hydrogens is 408 g/mol. The molecule has 2 heterocycles. The van der Waals surface area contributed by atoms with E-state index in [0.29, 0.717) is 23.6 Å². The molecule has 0 unspecified atom stereocenters. The second-order valence-electron chi connectivity index (χ2n) is 8.20. The third kappa shape index (κ3) is 5.49. The highest BCUT2D eigenvalue weighted by molar-refractivity contribution is 6.30. The number of benzene rings is 2. The second kappa shape index (κ2) is 9.58. The summed E-state index contributed by atoms with van der Waals surface area (Å²) in [5.74, 6) is 0.231. The minimum absolute atomic E-state index is 0.0862. The number of hydrogen-bond acceptors (Lipinski definition) is 4. The van der Waals surface area contributed by atoms with Gasteiger partial charge in [0.1, 0.15) is 0 Å². The van der Waals surface area contributed by atoms with Gasteiger partial charge in [-0.1, -0.05) is 60.0 Å². The highest BCUT2D eigenvalue weighted by Gasteiger charge is 2.21. The SMILES string of the molecule is Cc1ccc(-c2cc(-c3ccc(Cl)cc3)nc(NC(=O)CN3CCCC[C@H]3C)n2)cc1. The molecule has 1 aromatic heterocycles. The summed E-state index contributed by atoms with van der Waals surface area (Å²) in [4.78, 5) is 24.3. The number of carbonyl (C=O) groups excluding carboxylic acids is 1. The lowest BCUT2D eigenvalue weighted by Crippen LogP contribution is -2.42. The Hall–Kier alpha value is -2.76. The lowest BCUT2D eigenvalue weighted by atomic mass is 10.0. The molecule has 1 fully saturated rings. The highest BCUT2D eigenvalue weighted by Crippen LogP contribution is 2.26. The van der Waals surface area contributed by atoms with E-state index in [4.69, 9.17) is 11.6 Å². The number of likely N-dealkylation sites (tertiary alicyclic amines) is 1. The molecule has 2 aromatic carbocycles. The predicted octanol–water partition coefficient (Wildman–Crippen LogP) is 5.59. The molecule has 1 aliphatic heterocycles. The molecule has 1 aliphatic rings. The Morgan fingerprint density at radius 3 is 2.26 bits per heavy atom. The average Bonchev–Trinajstić information content (AvgIpc) is 2.76. The van der Waals surface area contributed by atoms with Crippen LogP contribution in [0.15, 0.2) is 54.6 Å².